The first-order chi connectivity index (χ1) is 8.70. The summed E-state index contributed by atoms with van der Waals surface area (Å²) in [6.45, 7) is 0. The number of rotatable bonds is 5. The third-order valence-corrected chi connectivity index (χ3v) is 4.01. The quantitative estimate of drug-likeness (QED) is 0.844. The number of amides is 1. The number of fused-ring (bicyclic) bond motifs is 1. The summed E-state index contributed by atoms with van der Waals surface area (Å²) in [4.78, 5) is 11.9. The van der Waals surface area contributed by atoms with E-state index in [2.05, 4.69) is 17.4 Å². The number of thioether (sulfide) groups is 1. The lowest BCUT2D eigenvalue weighted by molar-refractivity contribution is -0.123. The monoisotopic (exact) mass is 264 g/mol. The molecular weight excluding hydrogens is 244 g/mol. The van der Waals surface area contributed by atoms with Crippen LogP contribution in [0.15, 0.2) is 24.3 Å². The van der Waals surface area contributed by atoms with Crippen LogP contribution in [0.1, 0.15) is 17.5 Å². The fourth-order valence-electron chi connectivity index (χ4n) is 2.35. The Hall–Kier alpha value is -1.00. The molecule has 0 spiro atoms. The van der Waals surface area contributed by atoms with Gasteiger partial charge in [0.25, 0.3) is 0 Å². The number of hydrogen-bond donors (Lipinski definition) is 2. The van der Waals surface area contributed by atoms with Crippen molar-refractivity contribution in [2.75, 3.05) is 12.0 Å². The van der Waals surface area contributed by atoms with E-state index in [1.165, 1.54) is 11.1 Å². The fraction of sp³-hybridized carbons (Fsp3) is 0.500. The minimum Gasteiger partial charge on any atom is -0.351 e. The minimum absolute atomic E-state index is 0.0122. The summed E-state index contributed by atoms with van der Waals surface area (Å²) in [7, 11) is 0. The van der Waals surface area contributed by atoms with Crippen molar-refractivity contribution in [1.29, 1.82) is 0 Å². The van der Waals surface area contributed by atoms with Crippen LogP contribution in [0.25, 0.3) is 0 Å². The van der Waals surface area contributed by atoms with Crippen LogP contribution in [0.5, 0.6) is 0 Å². The maximum absolute atomic E-state index is 11.9. The Morgan fingerprint density at radius 2 is 2.06 bits per heavy atom. The van der Waals surface area contributed by atoms with Crippen LogP contribution in [0.3, 0.4) is 0 Å². The molecule has 3 N–H and O–H groups in total. The van der Waals surface area contributed by atoms with Crippen molar-refractivity contribution in [1.82, 2.24) is 5.32 Å². The minimum atomic E-state index is -0.374. The van der Waals surface area contributed by atoms with Crippen molar-refractivity contribution in [2.24, 2.45) is 5.73 Å². The molecule has 3 nitrogen and oxygen atoms in total. The van der Waals surface area contributed by atoms with Crippen molar-refractivity contribution in [3.8, 4) is 0 Å². The van der Waals surface area contributed by atoms with E-state index in [9.17, 15) is 4.79 Å². The second-order valence-corrected chi connectivity index (χ2v) is 5.76. The van der Waals surface area contributed by atoms with Gasteiger partial charge in [0.15, 0.2) is 0 Å². The summed E-state index contributed by atoms with van der Waals surface area (Å²) in [6.07, 6.45) is 4.62. The van der Waals surface area contributed by atoms with Gasteiger partial charge in [-0.25, -0.2) is 0 Å². The number of carbonyl (C=O) groups excluding carboxylic acids is 1. The second-order valence-electron chi connectivity index (χ2n) is 4.77. The topological polar surface area (TPSA) is 55.1 Å². The van der Waals surface area contributed by atoms with Crippen LogP contribution in [0.2, 0.25) is 0 Å². The molecule has 1 aliphatic carbocycles. The van der Waals surface area contributed by atoms with Crippen LogP contribution in [-0.4, -0.2) is 30.0 Å². The van der Waals surface area contributed by atoms with Crippen molar-refractivity contribution in [3.63, 3.8) is 0 Å². The SMILES string of the molecule is CSCC[C@H](N)C(=O)NC1Cc2ccccc2C1. The highest BCUT2D eigenvalue weighted by molar-refractivity contribution is 7.98. The molecule has 1 aliphatic rings. The normalized spacial score (nSPS) is 16.3. The molecular formula is C14H20N2OS. The maximum Gasteiger partial charge on any atom is 0.237 e. The first kappa shape index (κ1) is 13.4. The molecule has 0 fully saturated rings. The molecule has 4 heteroatoms. The number of nitrogens with one attached hydrogen (secondary N) is 1. The van der Waals surface area contributed by atoms with Gasteiger partial charge in [-0.05, 0) is 42.4 Å². The predicted molar refractivity (Wildman–Crippen MR) is 76.8 cm³/mol. The highest BCUT2D eigenvalue weighted by Gasteiger charge is 2.24. The van der Waals surface area contributed by atoms with E-state index in [4.69, 9.17) is 5.73 Å². The molecule has 1 aromatic rings. The third kappa shape index (κ3) is 3.27. The Morgan fingerprint density at radius 3 is 2.61 bits per heavy atom. The standard InChI is InChI=1S/C14H20N2OS/c1-18-7-6-13(15)14(17)16-12-8-10-4-2-3-5-11(10)9-12/h2-5,12-13H,6-9,15H2,1H3,(H,16,17)/t13-/m0/s1. The first-order valence-corrected chi connectivity index (χ1v) is 7.71. The molecule has 0 aliphatic heterocycles. The van der Waals surface area contributed by atoms with Crippen LogP contribution in [0, 0.1) is 0 Å². The third-order valence-electron chi connectivity index (χ3n) is 3.37. The van der Waals surface area contributed by atoms with Crippen molar-refractivity contribution in [3.05, 3.63) is 35.4 Å². The average molecular weight is 264 g/mol. The Balaban J connectivity index is 1.84. The van der Waals surface area contributed by atoms with Gasteiger partial charge >= 0.3 is 0 Å². The summed E-state index contributed by atoms with van der Waals surface area (Å²) in [6, 6.07) is 8.21. The Morgan fingerprint density at radius 1 is 1.44 bits per heavy atom. The van der Waals surface area contributed by atoms with Crippen LogP contribution in [-0.2, 0) is 17.6 Å². The Bertz CT molecular complexity index is 397. The molecule has 0 aromatic heterocycles. The Kier molecular flexibility index (Phi) is 4.66. The number of carbonyl (C=O) groups is 1. The molecule has 98 valence electrons. The fourth-order valence-corrected chi connectivity index (χ4v) is 2.83. The molecule has 2 rings (SSSR count). The van der Waals surface area contributed by atoms with E-state index >= 15 is 0 Å². The highest BCUT2D eigenvalue weighted by atomic mass is 32.2. The molecule has 0 saturated heterocycles. The van der Waals surface area contributed by atoms with Crippen molar-refractivity contribution >= 4 is 17.7 Å². The van der Waals surface area contributed by atoms with E-state index in [0.29, 0.717) is 0 Å². The lowest BCUT2D eigenvalue weighted by Crippen LogP contribution is -2.46. The average Bonchev–Trinajstić information content (AvgIpc) is 2.77. The largest absolute Gasteiger partial charge is 0.351 e. The molecule has 0 bridgehead atoms. The van der Waals surface area contributed by atoms with Crippen molar-refractivity contribution in [2.45, 2.75) is 31.3 Å². The van der Waals surface area contributed by atoms with Gasteiger partial charge in [-0.3, -0.25) is 4.79 Å². The van der Waals surface area contributed by atoms with Crippen molar-refractivity contribution < 1.29 is 4.79 Å². The molecule has 1 aromatic carbocycles. The van der Waals surface area contributed by atoms with E-state index in [-0.39, 0.29) is 18.0 Å². The lowest BCUT2D eigenvalue weighted by Gasteiger charge is -2.16. The summed E-state index contributed by atoms with van der Waals surface area (Å²) >= 11 is 1.72. The van der Waals surface area contributed by atoms with Gasteiger partial charge in [0.1, 0.15) is 0 Å². The van der Waals surface area contributed by atoms with Gasteiger partial charge in [-0.1, -0.05) is 24.3 Å². The molecule has 0 heterocycles. The Labute approximate surface area is 113 Å². The van der Waals surface area contributed by atoms with Gasteiger partial charge in [-0.15, -0.1) is 0 Å². The summed E-state index contributed by atoms with van der Waals surface area (Å²) in [5.74, 6) is 0.918. The second kappa shape index (κ2) is 6.25. The van der Waals surface area contributed by atoms with E-state index < -0.39 is 0 Å². The van der Waals surface area contributed by atoms with Crippen LogP contribution < -0.4 is 11.1 Å². The summed E-state index contributed by atoms with van der Waals surface area (Å²) < 4.78 is 0. The zero-order valence-corrected chi connectivity index (χ0v) is 11.5. The molecule has 0 unspecified atom stereocenters. The summed E-state index contributed by atoms with van der Waals surface area (Å²) in [5, 5.41) is 3.06. The zero-order valence-electron chi connectivity index (χ0n) is 10.7. The predicted octanol–water partition coefficient (Wildman–Crippen LogP) is 1.35. The van der Waals surface area contributed by atoms with E-state index in [1.54, 1.807) is 11.8 Å². The van der Waals surface area contributed by atoms with Crippen LogP contribution >= 0.6 is 11.8 Å². The van der Waals surface area contributed by atoms with Gasteiger partial charge < -0.3 is 11.1 Å². The molecule has 1 atom stereocenters. The maximum atomic E-state index is 11.9. The van der Waals surface area contributed by atoms with E-state index in [0.717, 1.165) is 25.0 Å². The van der Waals surface area contributed by atoms with Gasteiger partial charge in [0, 0.05) is 6.04 Å². The smallest absolute Gasteiger partial charge is 0.237 e. The molecule has 0 radical (unpaired) electrons. The van der Waals surface area contributed by atoms with Gasteiger partial charge in [0.2, 0.25) is 5.91 Å². The highest BCUT2D eigenvalue weighted by Crippen LogP contribution is 2.21. The van der Waals surface area contributed by atoms with Gasteiger partial charge in [-0.2, -0.15) is 11.8 Å². The molecule has 18 heavy (non-hydrogen) atoms. The molecule has 1 amide bonds. The van der Waals surface area contributed by atoms with E-state index in [1.807, 2.05) is 18.4 Å². The lowest BCUT2D eigenvalue weighted by atomic mass is 10.1. The summed E-state index contributed by atoms with van der Waals surface area (Å²) in [5.41, 5.74) is 8.56. The van der Waals surface area contributed by atoms with Gasteiger partial charge in [0.05, 0.1) is 6.04 Å². The van der Waals surface area contributed by atoms with Crippen LogP contribution in [0.4, 0.5) is 0 Å². The number of hydrogen-bond acceptors (Lipinski definition) is 3. The number of benzene rings is 1. The first-order valence-electron chi connectivity index (χ1n) is 6.32. The zero-order chi connectivity index (χ0) is 13.0. The molecule has 0 saturated carbocycles. The number of nitrogens with two attached hydrogens (primary N) is 1.